The maximum atomic E-state index is 12.5. The van der Waals surface area contributed by atoms with Crippen LogP contribution in [0.5, 0.6) is 0 Å². The third-order valence-corrected chi connectivity index (χ3v) is 4.68. The van der Waals surface area contributed by atoms with Gasteiger partial charge < -0.3 is 4.74 Å². The molecule has 1 aliphatic carbocycles. The Morgan fingerprint density at radius 2 is 1.87 bits per heavy atom. The highest BCUT2D eigenvalue weighted by molar-refractivity contribution is 9.10. The van der Waals surface area contributed by atoms with Gasteiger partial charge in [-0.15, -0.1) is 0 Å². The van der Waals surface area contributed by atoms with E-state index >= 15 is 0 Å². The summed E-state index contributed by atoms with van der Waals surface area (Å²) in [6.45, 7) is 0. The maximum Gasteiger partial charge on any atom is 0.345 e. The maximum absolute atomic E-state index is 12.5. The molecule has 0 spiro atoms. The lowest BCUT2D eigenvalue weighted by molar-refractivity contribution is 0.0236. The number of hydrogen-bond donors (Lipinski definition) is 0. The van der Waals surface area contributed by atoms with E-state index in [0.717, 1.165) is 30.2 Å². The lowest BCUT2D eigenvalue weighted by atomic mass is 9.98. The van der Waals surface area contributed by atoms with Gasteiger partial charge in [0.2, 0.25) is 0 Å². The van der Waals surface area contributed by atoms with Crippen LogP contribution in [0.3, 0.4) is 0 Å². The van der Waals surface area contributed by atoms with E-state index in [1.165, 1.54) is 29.9 Å². The number of rotatable bonds is 2. The molecule has 1 aliphatic rings. The molecule has 2 aromatic rings. The predicted molar refractivity (Wildman–Crippen MR) is 90.7 cm³/mol. The van der Waals surface area contributed by atoms with Crippen molar-refractivity contribution in [1.29, 1.82) is 0 Å². The SMILES string of the molecule is O=C(OC1CCCCCCC1)c1cnc2ccc(Br)cn2c1=O. The molecule has 1 saturated carbocycles. The van der Waals surface area contributed by atoms with Gasteiger partial charge in [-0.2, -0.15) is 0 Å². The molecule has 0 aromatic carbocycles. The minimum absolute atomic E-state index is 0.0114. The molecule has 0 bridgehead atoms. The molecular weight excluding hydrogens is 360 g/mol. The summed E-state index contributed by atoms with van der Waals surface area (Å²) in [5.41, 5.74) is 0.0931. The van der Waals surface area contributed by atoms with Crippen LogP contribution in [0, 0.1) is 0 Å². The molecule has 1 fully saturated rings. The van der Waals surface area contributed by atoms with E-state index in [9.17, 15) is 9.59 Å². The highest BCUT2D eigenvalue weighted by Gasteiger charge is 2.20. The van der Waals surface area contributed by atoms with Gasteiger partial charge in [-0.05, 0) is 53.7 Å². The quantitative estimate of drug-likeness (QED) is 0.747. The molecule has 23 heavy (non-hydrogen) atoms. The first-order valence-electron chi connectivity index (χ1n) is 8.03. The fraction of sp³-hybridized carbons (Fsp3) is 0.471. The summed E-state index contributed by atoms with van der Waals surface area (Å²) in [4.78, 5) is 29.0. The van der Waals surface area contributed by atoms with E-state index in [1.54, 1.807) is 18.3 Å². The molecule has 0 unspecified atom stereocenters. The average Bonchev–Trinajstić information content (AvgIpc) is 2.50. The van der Waals surface area contributed by atoms with Crippen LogP contribution in [0.15, 0.2) is 33.8 Å². The zero-order valence-electron chi connectivity index (χ0n) is 12.8. The van der Waals surface area contributed by atoms with Crippen molar-refractivity contribution >= 4 is 27.5 Å². The number of aromatic nitrogens is 2. The van der Waals surface area contributed by atoms with E-state index < -0.39 is 11.5 Å². The first kappa shape index (κ1) is 16.2. The van der Waals surface area contributed by atoms with Crippen LogP contribution in [-0.2, 0) is 4.74 Å². The first-order valence-corrected chi connectivity index (χ1v) is 8.82. The molecule has 0 radical (unpaired) electrons. The number of carbonyl (C=O) groups excluding carboxylic acids is 1. The van der Waals surface area contributed by atoms with E-state index in [-0.39, 0.29) is 11.7 Å². The topological polar surface area (TPSA) is 60.7 Å². The molecule has 0 aliphatic heterocycles. The number of fused-ring (bicyclic) bond motifs is 1. The van der Waals surface area contributed by atoms with Crippen molar-refractivity contribution in [3.05, 3.63) is 44.9 Å². The van der Waals surface area contributed by atoms with Crippen LogP contribution in [-0.4, -0.2) is 21.5 Å². The Hall–Kier alpha value is -1.69. The number of esters is 1. The van der Waals surface area contributed by atoms with Crippen molar-refractivity contribution in [3.63, 3.8) is 0 Å². The van der Waals surface area contributed by atoms with Crippen LogP contribution in [0.2, 0.25) is 0 Å². The molecule has 122 valence electrons. The highest BCUT2D eigenvalue weighted by Crippen LogP contribution is 2.20. The zero-order valence-corrected chi connectivity index (χ0v) is 14.4. The monoisotopic (exact) mass is 378 g/mol. The second kappa shape index (κ2) is 7.25. The van der Waals surface area contributed by atoms with Crippen LogP contribution in [0.4, 0.5) is 0 Å². The minimum atomic E-state index is -0.567. The fourth-order valence-electron chi connectivity index (χ4n) is 2.94. The molecule has 0 N–H and O–H groups in total. The number of carbonyl (C=O) groups is 1. The zero-order chi connectivity index (χ0) is 16.2. The largest absolute Gasteiger partial charge is 0.459 e. The Bertz CT molecular complexity index is 764. The van der Waals surface area contributed by atoms with Gasteiger partial charge in [-0.1, -0.05) is 19.3 Å². The predicted octanol–water partition coefficient (Wildman–Crippen LogP) is 3.73. The number of pyridine rings is 1. The fourth-order valence-corrected chi connectivity index (χ4v) is 3.28. The van der Waals surface area contributed by atoms with Crippen molar-refractivity contribution in [2.45, 2.75) is 51.0 Å². The Kier molecular flexibility index (Phi) is 5.10. The summed E-state index contributed by atoms with van der Waals surface area (Å²) in [6.07, 6.45) is 10.3. The Balaban J connectivity index is 1.82. The smallest absolute Gasteiger partial charge is 0.345 e. The summed E-state index contributed by atoms with van der Waals surface area (Å²) in [7, 11) is 0. The van der Waals surface area contributed by atoms with E-state index in [1.807, 2.05) is 0 Å². The molecule has 6 heteroatoms. The van der Waals surface area contributed by atoms with Crippen molar-refractivity contribution in [1.82, 2.24) is 9.38 Å². The van der Waals surface area contributed by atoms with Gasteiger partial charge in [0.25, 0.3) is 5.56 Å². The second-order valence-corrected chi connectivity index (χ2v) is 6.84. The molecule has 5 nitrogen and oxygen atoms in total. The van der Waals surface area contributed by atoms with E-state index in [4.69, 9.17) is 4.74 Å². The van der Waals surface area contributed by atoms with E-state index in [2.05, 4.69) is 20.9 Å². The van der Waals surface area contributed by atoms with Crippen molar-refractivity contribution in [2.75, 3.05) is 0 Å². The summed E-state index contributed by atoms with van der Waals surface area (Å²) >= 11 is 3.32. The summed E-state index contributed by atoms with van der Waals surface area (Å²) in [5, 5.41) is 0. The lowest BCUT2D eigenvalue weighted by Crippen LogP contribution is -2.27. The molecule has 3 rings (SSSR count). The Labute approximate surface area is 142 Å². The lowest BCUT2D eigenvalue weighted by Gasteiger charge is -2.20. The summed E-state index contributed by atoms with van der Waals surface area (Å²) in [5.74, 6) is -0.567. The molecule has 0 amide bonds. The van der Waals surface area contributed by atoms with Gasteiger partial charge in [0.1, 0.15) is 17.3 Å². The first-order chi connectivity index (χ1) is 11.1. The Morgan fingerprint density at radius 3 is 2.61 bits per heavy atom. The third kappa shape index (κ3) is 3.80. The minimum Gasteiger partial charge on any atom is -0.459 e. The standard InChI is InChI=1S/C17H19BrN2O3/c18-12-8-9-15-19-10-14(16(21)20(15)11-12)17(22)23-13-6-4-2-1-3-5-7-13/h8-11,13H,1-7H2. The van der Waals surface area contributed by atoms with Gasteiger partial charge in [0, 0.05) is 16.9 Å². The second-order valence-electron chi connectivity index (χ2n) is 5.92. The van der Waals surface area contributed by atoms with E-state index in [0.29, 0.717) is 5.65 Å². The van der Waals surface area contributed by atoms with Gasteiger partial charge in [-0.3, -0.25) is 9.20 Å². The number of hydrogen-bond acceptors (Lipinski definition) is 4. The third-order valence-electron chi connectivity index (χ3n) is 4.21. The Morgan fingerprint density at radius 1 is 1.17 bits per heavy atom. The van der Waals surface area contributed by atoms with Crippen LogP contribution in [0.25, 0.3) is 5.65 Å². The molecule has 0 saturated heterocycles. The van der Waals surface area contributed by atoms with Gasteiger partial charge in [-0.25, -0.2) is 9.78 Å². The number of nitrogens with zero attached hydrogens (tertiary/aromatic N) is 2. The van der Waals surface area contributed by atoms with Gasteiger partial charge in [0.05, 0.1) is 0 Å². The van der Waals surface area contributed by atoms with Crippen LogP contribution in [0.1, 0.15) is 55.3 Å². The highest BCUT2D eigenvalue weighted by atomic mass is 79.9. The molecule has 2 heterocycles. The van der Waals surface area contributed by atoms with Crippen LogP contribution >= 0.6 is 15.9 Å². The number of halogens is 1. The molecule has 2 aromatic heterocycles. The van der Waals surface area contributed by atoms with Gasteiger partial charge in [0.15, 0.2) is 0 Å². The summed E-state index contributed by atoms with van der Waals surface area (Å²) in [6, 6.07) is 3.52. The van der Waals surface area contributed by atoms with Crippen molar-refractivity contribution in [3.8, 4) is 0 Å². The number of ether oxygens (including phenoxy) is 1. The van der Waals surface area contributed by atoms with Crippen molar-refractivity contribution in [2.24, 2.45) is 0 Å². The van der Waals surface area contributed by atoms with Gasteiger partial charge >= 0.3 is 5.97 Å². The normalized spacial score (nSPS) is 16.7. The summed E-state index contributed by atoms with van der Waals surface area (Å²) < 4.78 is 7.68. The van der Waals surface area contributed by atoms with Crippen molar-refractivity contribution < 1.29 is 9.53 Å². The molecule has 0 atom stereocenters. The van der Waals surface area contributed by atoms with Crippen LogP contribution < -0.4 is 5.56 Å². The molecular formula is C17H19BrN2O3. The average molecular weight is 379 g/mol.